The van der Waals surface area contributed by atoms with E-state index in [0.717, 1.165) is 10.0 Å². The van der Waals surface area contributed by atoms with E-state index in [-0.39, 0.29) is 13.0 Å². The Morgan fingerprint density at radius 2 is 1.92 bits per heavy atom. The molecule has 6 nitrogen and oxygen atoms in total. The number of ether oxygens (including phenoxy) is 2. The molecule has 25 heavy (non-hydrogen) atoms. The summed E-state index contributed by atoms with van der Waals surface area (Å²) in [7, 11) is 1.48. The molecule has 2 rings (SSSR count). The highest BCUT2D eigenvalue weighted by Gasteiger charge is 2.22. The number of carboxylic acids is 1. The number of carbonyl (C=O) groups is 2. The summed E-state index contributed by atoms with van der Waals surface area (Å²) in [5.41, 5.74) is 1.39. The van der Waals surface area contributed by atoms with Crippen molar-refractivity contribution in [3.63, 3.8) is 0 Å². The predicted octanol–water partition coefficient (Wildman–Crippen LogP) is 3.90. The van der Waals surface area contributed by atoms with Crippen LogP contribution in [0.25, 0.3) is 0 Å². The lowest BCUT2D eigenvalue weighted by Crippen LogP contribution is -2.31. The van der Waals surface area contributed by atoms with Crippen molar-refractivity contribution in [1.29, 1.82) is 0 Å². The van der Waals surface area contributed by atoms with Crippen molar-refractivity contribution in [3.05, 3.63) is 64.1 Å². The fourth-order valence-electron chi connectivity index (χ4n) is 2.30. The number of alkyl carbamates (subject to hydrolysis) is 1. The van der Waals surface area contributed by atoms with E-state index < -0.39 is 18.1 Å². The van der Waals surface area contributed by atoms with Crippen molar-refractivity contribution < 1.29 is 24.2 Å². The molecular weight excluding hydrogens is 390 g/mol. The van der Waals surface area contributed by atoms with Crippen LogP contribution in [0, 0.1) is 0 Å². The molecule has 0 fully saturated rings. The van der Waals surface area contributed by atoms with Gasteiger partial charge in [0.05, 0.1) is 19.6 Å². The summed E-state index contributed by atoms with van der Waals surface area (Å²) >= 11 is 3.34. The highest BCUT2D eigenvalue weighted by atomic mass is 79.9. The first-order valence-corrected chi connectivity index (χ1v) is 8.31. The van der Waals surface area contributed by atoms with Gasteiger partial charge in [0.2, 0.25) is 0 Å². The van der Waals surface area contributed by atoms with Crippen molar-refractivity contribution in [2.45, 2.75) is 19.1 Å². The number of aliphatic carboxylic acids is 1. The van der Waals surface area contributed by atoms with Crippen LogP contribution in [0.4, 0.5) is 4.79 Å². The van der Waals surface area contributed by atoms with E-state index in [1.807, 2.05) is 30.3 Å². The first-order valence-electron chi connectivity index (χ1n) is 7.52. The van der Waals surface area contributed by atoms with Crippen LogP contribution >= 0.6 is 15.9 Å². The molecule has 2 N–H and O–H groups in total. The molecule has 7 heteroatoms. The maximum atomic E-state index is 12.1. The van der Waals surface area contributed by atoms with Gasteiger partial charge in [-0.15, -0.1) is 0 Å². The quantitative estimate of drug-likeness (QED) is 0.726. The second-order valence-electron chi connectivity index (χ2n) is 5.24. The van der Waals surface area contributed by atoms with Crippen molar-refractivity contribution >= 4 is 28.0 Å². The summed E-state index contributed by atoms with van der Waals surface area (Å²) in [5, 5.41) is 11.7. The van der Waals surface area contributed by atoms with Gasteiger partial charge in [0.1, 0.15) is 12.4 Å². The van der Waals surface area contributed by atoms with Crippen LogP contribution in [0.5, 0.6) is 5.75 Å². The van der Waals surface area contributed by atoms with Crippen molar-refractivity contribution in [1.82, 2.24) is 5.32 Å². The average molecular weight is 408 g/mol. The standard InChI is InChI=1S/C18H18BrNO5/c1-24-16-8-7-13(19)9-14(16)15(10-17(21)22)20-18(23)25-11-12-5-3-2-4-6-12/h2-9,15H,10-11H2,1H3,(H,20,23)(H,21,22)/t15-/m0/s1. The summed E-state index contributed by atoms with van der Waals surface area (Å²) in [6.45, 7) is 0.0993. The van der Waals surface area contributed by atoms with Crippen LogP contribution in [0.2, 0.25) is 0 Å². The van der Waals surface area contributed by atoms with Crippen molar-refractivity contribution in [2.24, 2.45) is 0 Å². The molecule has 2 aromatic carbocycles. The Labute approximate surface area is 153 Å². The van der Waals surface area contributed by atoms with E-state index in [9.17, 15) is 9.59 Å². The summed E-state index contributed by atoms with van der Waals surface area (Å²) < 4.78 is 11.2. The van der Waals surface area contributed by atoms with E-state index >= 15 is 0 Å². The molecule has 1 atom stereocenters. The van der Waals surface area contributed by atoms with E-state index in [0.29, 0.717) is 11.3 Å². The molecule has 0 aromatic heterocycles. The molecule has 0 spiro atoms. The van der Waals surface area contributed by atoms with Crippen LogP contribution in [0.1, 0.15) is 23.6 Å². The van der Waals surface area contributed by atoms with Crippen LogP contribution in [-0.2, 0) is 16.1 Å². The molecule has 0 saturated heterocycles. The summed E-state index contributed by atoms with van der Waals surface area (Å²) in [4.78, 5) is 23.3. The van der Waals surface area contributed by atoms with Gasteiger partial charge in [0, 0.05) is 10.0 Å². The SMILES string of the molecule is COc1ccc(Br)cc1[C@H](CC(=O)O)NC(=O)OCc1ccccc1. The van der Waals surface area contributed by atoms with Gasteiger partial charge in [-0.2, -0.15) is 0 Å². The third-order valence-electron chi connectivity index (χ3n) is 3.45. The molecule has 132 valence electrons. The number of benzene rings is 2. The van der Waals surface area contributed by atoms with Gasteiger partial charge >= 0.3 is 12.1 Å². The van der Waals surface area contributed by atoms with Gasteiger partial charge in [0.25, 0.3) is 0 Å². The molecule has 0 bridgehead atoms. The molecule has 0 heterocycles. The monoisotopic (exact) mass is 407 g/mol. The number of methoxy groups -OCH3 is 1. The highest BCUT2D eigenvalue weighted by Crippen LogP contribution is 2.30. The average Bonchev–Trinajstić information content (AvgIpc) is 2.60. The first-order chi connectivity index (χ1) is 12.0. The largest absolute Gasteiger partial charge is 0.496 e. The van der Waals surface area contributed by atoms with E-state index in [1.54, 1.807) is 18.2 Å². The van der Waals surface area contributed by atoms with Crippen LogP contribution in [-0.4, -0.2) is 24.3 Å². The number of hydrogen-bond acceptors (Lipinski definition) is 4. The first kappa shape index (κ1) is 18.8. The predicted molar refractivity (Wildman–Crippen MR) is 95.5 cm³/mol. The molecule has 0 aliphatic heterocycles. The topological polar surface area (TPSA) is 84.9 Å². The van der Waals surface area contributed by atoms with Gasteiger partial charge in [-0.25, -0.2) is 4.79 Å². The van der Waals surface area contributed by atoms with E-state index in [2.05, 4.69) is 21.2 Å². The van der Waals surface area contributed by atoms with Gasteiger partial charge < -0.3 is 19.9 Å². The summed E-state index contributed by atoms with van der Waals surface area (Å²) in [5.74, 6) is -0.562. The van der Waals surface area contributed by atoms with Crippen LogP contribution < -0.4 is 10.1 Å². The van der Waals surface area contributed by atoms with Gasteiger partial charge in [-0.3, -0.25) is 4.79 Å². The van der Waals surface area contributed by atoms with Crippen molar-refractivity contribution in [2.75, 3.05) is 7.11 Å². The lowest BCUT2D eigenvalue weighted by molar-refractivity contribution is -0.137. The number of nitrogens with one attached hydrogen (secondary N) is 1. The van der Waals surface area contributed by atoms with Crippen molar-refractivity contribution in [3.8, 4) is 5.75 Å². The highest BCUT2D eigenvalue weighted by molar-refractivity contribution is 9.10. The third-order valence-corrected chi connectivity index (χ3v) is 3.94. The molecule has 0 radical (unpaired) electrons. The Kier molecular flexibility index (Phi) is 6.82. The molecule has 0 aliphatic carbocycles. The second-order valence-corrected chi connectivity index (χ2v) is 6.16. The third kappa shape index (κ3) is 5.79. The number of hydrogen-bond donors (Lipinski definition) is 2. The van der Waals surface area contributed by atoms with Crippen LogP contribution in [0.15, 0.2) is 53.0 Å². The maximum Gasteiger partial charge on any atom is 0.407 e. The lowest BCUT2D eigenvalue weighted by Gasteiger charge is -2.20. The summed E-state index contributed by atoms with van der Waals surface area (Å²) in [6.07, 6.45) is -0.995. The fraction of sp³-hybridized carbons (Fsp3) is 0.222. The zero-order chi connectivity index (χ0) is 18.2. The second kappa shape index (κ2) is 9.08. The lowest BCUT2D eigenvalue weighted by atomic mass is 10.0. The molecule has 0 saturated carbocycles. The van der Waals surface area contributed by atoms with E-state index in [1.165, 1.54) is 7.11 Å². The number of amides is 1. The molecule has 2 aromatic rings. The molecule has 0 aliphatic rings. The maximum absolute atomic E-state index is 12.1. The molecule has 0 unspecified atom stereocenters. The van der Waals surface area contributed by atoms with E-state index in [4.69, 9.17) is 14.6 Å². The minimum Gasteiger partial charge on any atom is -0.496 e. The normalized spacial score (nSPS) is 11.4. The zero-order valence-electron chi connectivity index (χ0n) is 13.6. The Balaban J connectivity index is 2.11. The molecular formula is C18H18BrNO5. The minimum atomic E-state index is -1.05. The van der Waals surface area contributed by atoms with Gasteiger partial charge in [0.15, 0.2) is 0 Å². The Morgan fingerprint density at radius 3 is 2.56 bits per heavy atom. The van der Waals surface area contributed by atoms with Gasteiger partial charge in [-0.05, 0) is 23.8 Å². The Bertz CT molecular complexity index is 736. The number of carboxylic acid groups (broad SMARTS) is 1. The summed E-state index contributed by atoms with van der Waals surface area (Å²) in [6, 6.07) is 13.6. The molecule has 1 amide bonds. The Hall–Kier alpha value is -2.54. The zero-order valence-corrected chi connectivity index (χ0v) is 15.2. The number of halogens is 1. The minimum absolute atomic E-state index is 0.0993. The fourth-order valence-corrected chi connectivity index (χ4v) is 2.68. The smallest absolute Gasteiger partial charge is 0.407 e. The number of carbonyl (C=O) groups excluding carboxylic acids is 1. The van der Waals surface area contributed by atoms with Gasteiger partial charge in [-0.1, -0.05) is 46.3 Å². The Morgan fingerprint density at radius 1 is 1.20 bits per heavy atom. The number of rotatable bonds is 7. The van der Waals surface area contributed by atoms with Crippen LogP contribution in [0.3, 0.4) is 0 Å².